The summed E-state index contributed by atoms with van der Waals surface area (Å²) in [5.41, 5.74) is 1.10. The van der Waals surface area contributed by atoms with E-state index in [2.05, 4.69) is 15.6 Å². The third-order valence-electron chi connectivity index (χ3n) is 3.43. The van der Waals surface area contributed by atoms with E-state index in [4.69, 9.17) is 9.47 Å². The van der Waals surface area contributed by atoms with E-state index in [1.54, 1.807) is 7.11 Å². The van der Waals surface area contributed by atoms with Crippen molar-refractivity contribution in [1.29, 1.82) is 0 Å². The number of hydrogen-bond donors (Lipinski definition) is 3. The van der Waals surface area contributed by atoms with Gasteiger partial charge in [-0.05, 0) is 25.8 Å². The van der Waals surface area contributed by atoms with E-state index in [1.807, 2.05) is 44.2 Å². The van der Waals surface area contributed by atoms with Crippen LogP contribution in [0.2, 0.25) is 0 Å². The van der Waals surface area contributed by atoms with Crippen LogP contribution in [0.25, 0.3) is 0 Å². The van der Waals surface area contributed by atoms with E-state index < -0.39 is 6.10 Å². The van der Waals surface area contributed by atoms with Crippen molar-refractivity contribution in [1.82, 2.24) is 10.6 Å². The zero-order valence-electron chi connectivity index (χ0n) is 15.0. The summed E-state index contributed by atoms with van der Waals surface area (Å²) >= 11 is 0. The molecule has 1 aromatic rings. The smallest absolute Gasteiger partial charge is 0.191 e. The number of aliphatic hydroxyl groups excluding tert-OH is 1. The lowest BCUT2D eigenvalue weighted by molar-refractivity contribution is 0.00111. The molecule has 24 heavy (non-hydrogen) atoms. The van der Waals surface area contributed by atoms with Gasteiger partial charge in [-0.2, -0.15) is 0 Å². The maximum atomic E-state index is 10.1. The number of nitrogens with one attached hydrogen (secondary N) is 2. The second kappa shape index (κ2) is 12.8. The Morgan fingerprint density at radius 1 is 1.25 bits per heavy atom. The number of ether oxygens (including phenoxy) is 2. The molecule has 0 aliphatic carbocycles. The zero-order chi connectivity index (χ0) is 17.6. The topological polar surface area (TPSA) is 75.1 Å². The number of nitrogens with zero attached hydrogens (tertiary/aromatic N) is 1. The average Bonchev–Trinajstić information content (AvgIpc) is 2.61. The SMILES string of the molecule is CCNC(=NCC(O)COC(C)c1ccccc1)NCCCOC. The van der Waals surface area contributed by atoms with Crippen LogP contribution < -0.4 is 10.6 Å². The number of aliphatic hydroxyl groups is 1. The minimum atomic E-state index is -0.634. The van der Waals surface area contributed by atoms with Crippen LogP contribution in [0.1, 0.15) is 31.9 Å². The molecule has 1 rings (SSSR count). The highest BCUT2D eigenvalue weighted by atomic mass is 16.5. The number of aliphatic imine (C=N–C) groups is 1. The molecular formula is C18H31N3O3. The fourth-order valence-electron chi connectivity index (χ4n) is 2.09. The number of guanidine groups is 1. The van der Waals surface area contributed by atoms with Gasteiger partial charge in [-0.15, -0.1) is 0 Å². The fourth-order valence-corrected chi connectivity index (χ4v) is 2.09. The first-order valence-electron chi connectivity index (χ1n) is 8.53. The predicted molar refractivity (Wildman–Crippen MR) is 97.3 cm³/mol. The Labute approximate surface area is 145 Å². The summed E-state index contributed by atoms with van der Waals surface area (Å²) in [6.45, 7) is 6.79. The Kier molecular flexibility index (Phi) is 10.8. The first kappa shape index (κ1) is 20.4. The van der Waals surface area contributed by atoms with Gasteiger partial charge in [0, 0.05) is 26.8 Å². The Bertz CT molecular complexity index is 454. The minimum absolute atomic E-state index is 0.0507. The summed E-state index contributed by atoms with van der Waals surface area (Å²) in [5.74, 6) is 0.698. The molecule has 2 unspecified atom stereocenters. The number of rotatable bonds is 11. The molecule has 136 valence electrons. The summed E-state index contributed by atoms with van der Waals surface area (Å²) < 4.78 is 10.7. The Hall–Kier alpha value is -1.63. The van der Waals surface area contributed by atoms with Gasteiger partial charge in [0.15, 0.2) is 5.96 Å². The van der Waals surface area contributed by atoms with Crippen molar-refractivity contribution in [3.8, 4) is 0 Å². The van der Waals surface area contributed by atoms with Crippen molar-refractivity contribution in [3.05, 3.63) is 35.9 Å². The lowest BCUT2D eigenvalue weighted by atomic mass is 10.1. The van der Waals surface area contributed by atoms with Crippen molar-refractivity contribution in [2.24, 2.45) is 4.99 Å². The zero-order valence-corrected chi connectivity index (χ0v) is 15.0. The normalized spacial score (nSPS) is 14.2. The number of hydrogen-bond acceptors (Lipinski definition) is 4. The van der Waals surface area contributed by atoms with Crippen molar-refractivity contribution < 1.29 is 14.6 Å². The maximum Gasteiger partial charge on any atom is 0.191 e. The van der Waals surface area contributed by atoms with E-state index in [1.165, 1.54) is 0 Å². The van der Waals surface area contributed by atoms with Crippen LogP contribution in [0.3, 0.4) is 0 Å². The Balaban J connectivity index is 2.33. The largest absolute Gasteiger partial charge is 0.389 e. The van der Waals surface area contributed by atoms with Crippen LogP contribution in [0.4, 0.5) is 0 Å². The summed E-state index contributed by atoms with van der Waals surface area (Å²) in [5, 5.41) is 16.4. The van der Waals surface area contributed by atoms with Crippen LogP contribution in [-0.4, -0.2) is 57.1 Å². The van der Waals surface area contributed by atoms with Crippen molar-refractivity contribution >= 4 is 5.96 Å². The van der Waals surface area contributed by atoms with Gasteiger partial charge in [-0.1, -0.05) is 30.3 Å². The third kappa shape index (κ3) is 8.86. The molecule has 0 aliphatic heterocycles. The van der Waals surface area contributed by atoms with Crippen LogP contribution in [0, 0.1) is 0 Å². The molecule has 0 bridgehead atoms. The Morgan fingerprint density at radius 3 is 2.67 bits per heavy atom. The molecule has 3 N–H and O–H groups in total. The molecule has 0 aliphatic rings. The van der Waals surface area contributed by atoms with Gasteiger partial charge < -0.3 is 25.2 Å². The highest BCUT2D eigenvalue weighted by molar-refractivity contribution is 5.79. The van der Waals surface area contributed by atoms with E-state index in [9.17, 15) is 5.11 Å². The molecule has 6 heteroatoms. The summed E-state index contributed by atoms with van der Waals surface area (Å²) in [6.07, 6.45) is 0.220. The first-order chi connectivity index (χ1) is 11.7. The summed E-state index contributed by atoms with van der Waals surface area (Å²) in [4.78, 5) is 4.39. The Morgan fingerprint density at radius 2 is 2.00 bits per heavy atom. The molecule has 0 saturated carbocycles. The van der Waals surface area contributed by atoms with Crippen molar-refractivity contribution in [2.75, 3.05) is 40.0 Å². The molecule has 0 fully saturated rings. The van der Waals surface area contributed by atoms with Crippen LogP contribution in [-0.2, 0) is 9.47 Å². The van der Waals surface area contributed by atoms with Crippen molar-refractivity contribution in [3.63, 3.8) is 0 Å². The van der Waals surface area contributed by atoms with Gasteiger partial charge in [0.25, 0.3) is 0 Å². The van der Waals surface area contributed by atoms with E-state index in [0.29, 0.717) is 19.1 Å². The molecule has 0 saturated heterocycles. The molecule has 0 amide bonds. The average molecular weight is 337 g/mol. The van der Waals surface area contributed by atoms with Crippen LogP contribution >= 0.6 is 0 Å². The van der Waals surface area contributed by atoms with Crippen LogP contribution in [0.5, 0.6) is 0 Å². The highest BCUT2D eigenvalue weighted by Crippen LogP contribution is 2.15. The minimum Gasteiger partial charge on any atom is -0.389 e. The molecule has 0 heterocycles. The number of benzene rings is 1. The highest BCUT2D eigenvalue weighted by Gasteiger charge is 2.09. The molecule has 6 nitrogen and oxygen atoms in total. The molecule has 0 radical (unpaired) electrons. The lowest BCUT2D eigenvalue weighted by Crippen LogP contribution is -2.39. The number of methoxy groups -OCH3 is 1. The van der Waals surface area contributed by atoms with Gasteiger partial charge in [-0.3, -0.25) is 4.99 Å². The van der Waals surface area contributed by atoms with Crippen LogP contribution in [0.15, 0.2) is 35.3 Å². The monoisotopic (exact) mass is 337 g/mol. The second-order valence-corrected chi connectivity index (χ2v) is 5.53. The third-order valence-corrected chi connectivity index (χ3v) is 3.43. The maximum absolute atomic E-state index is 10.1. The summed E-state index contributed by atoms with van der Waals surface area (Å²) in [7, 11) is 1.69. The van der Waals surface area contributed by atoms with E-state index >= 15 is 0 Å². The molecule has 2 atom stereocenters. The van der Waals surface area contributed by atoms with Crippen molar-refractivity contribution in [2.45, 2.75) is 32.5 Å². The summed E-state index contributed by atoms with van der Waals surface area (Å²) in [6, 6.07) is 9.97. The molecule has 1 aromatic carbocycles. The predicted octanol–water partition coefficient (Wildman–Crippen LogP) is 1.72. The van der Waals surface area contributed by atoms with Gasteiger partial charge in [0.05, 0.1) is 25.4 Å². The first-order valence-corrected chi connectivity index (χ1v) is 8.53. The molecule has 0 spiro atoms. The quantitative estimate of drug-likeness (QED) is 0.326. The standard InChI is InChI=1S/C18H31N3O3/c1-4-19-18(20-11-8-12-23-3)21-13-17(22)14-24-15(2)16-9-6-5-7-10-16/h5-7,9-10,15,17,22H,4,8,11-14H2,1-3H3,(H2,19,20,21). The van der Waals surface area contributed by atoms with E-state index in [-0.39, 0.29) is 12.7 Å². The van der Waals surface area contributed by atoms with Gasteiger partial charge in [0.2, 0.25) is 0 Å². The van der Waals surface area contributed by atoms with Gasteiger partial charge in [-0.25, -0.2) is 0 Å². The lowest BCUT2D eigenvalue weighted by Gasteiger charge is -2.16. The van der Waals surface area contributed by atoms with Gasteiger partial charge >= 0.3 is 0 Å². The van der Waals surface area contributed by atoms with E-state index in [0.717, 1.165) is 25.1 Å². The fraction of sp³-hybridized carbons (Fsp3) is 0.611. The second-order valence-electron chi connectivity index (χ2n) is 5.53. The molecule has 0 aromatic heterocycles. The van der Waals surface area contributed by atoms with Gasteiger partial charge in [0.1, 0.15) is 0 Å². The molecular weight excluding hydrogens is 306 g/mol.